The van der Waals surface area contributed by atoms with E-state index in [0.29, 0.717) is 6.42 Å². The molecule has 0 aromatic carbocycles. The summed E-state index contributed by atoms with van der Waals surface area (Å²) >= 11 is 0. The Kier molecular flexibility index (Phi) is 8.46. The summed E-state index contributed by atoms with van der Waals surface area (Å²) in [5.41, 5.74) is 5.19. The van der Waals surface area contributed by atoms with Crippen LogP contribution in [0.25, 0.3) is 0 Å². The van der Waals surface area contributed by atoms with E-state index in [1.165, 1.54) is 0 Å². The molecule has 0 heterocycles. The maximum atomic E-state index is 11.0. The van der Waals surface area contributed by atoms with Crippen molar-refractivity contribution in [1.29, 1.82) is 0 Å². The van der Waals surface area contributed by atoms with Crippen LogP contribution in [0.2, 0.25) is 0 Å². The molecular weight excluding hydrogens is 214 g/mol. The molecule has 0 fully saturated rings. The first kappa shape index (κ1) is 14.9. The minimum atomic E-state index is -1.11. The molecule has 0 amide bonds. The average Bonchev–Trinajstić information content (AvgIpc) is 2.25. The van der Waals surface area contributed by atoms with Crippen molar-refractivity contribution in [2.24, 2.45) is 5.73 Å². The van der Waals surface area contributed by atoms with Crippen molar-refractivity contribution < 1.29 is 24.2 Å². The Morgan fingerprint density at radius 3 is 2.62 bits per heavy atom. The van der Waals surface area contributed by atoms with E-state index < -0.39 is 12.0 Å². The maximum Gasteiger partial charge on any atom is 0.322 e. The summed E-state index contributed by atoms with van der Waals surface area (Å²) in [5, 5.41) is 8.43. The van der Waals surface area contributed by atoms with Gasteiger partial charge in [0, 0.05) is 6.42 Å². The molecule has 0 aliphatic carbocycles. The van der Waals surface area contributed by atoms with E-state index in [1.54, 1.807) is 0 Å². The van der Waals surface area contributed by atoms with Crippen LogP contribution in [0.5, 0.6) is 0 Å². The van der Waals surface area contributed by atoms with Gasteiger partial charge in [0.15, 0.2) is 0 Å². The summed E-state index contributed by atoms with van der Waals surface area (Å²) in [5.74, 6) is -1.37. The number of ether oxygens (including phenoxy) is 2. The molecule has 0 rings (SSSR count). The van der Waals surface area contributed by atoms with Crippen LogP contribution >= 0.6 is 0 Å². The highest BCUT2D eigenvalue weighted by Gasteiger charge is 2.10. The molecule has 0 aliphatic rings. The summed E-state index contributed by atoms with van der Waals surface area (Å²) < 4.78 is 9.76. The van der Waals surface area contributed by atoms with Crippen LogP contribution in [-0.4, -0.2) is 42.9 Å². The number of esters is 1. The Morgan fingerprint density at radius 1 is 1.38 bits per heavy atom. The van der Waals surface area contributed by atoms with Gasteiger partial charge in [-0.2, -0.15) is 0 Å². The Labute approximate surface area is 94.7 Å². The molecule has 0 unspecified atom stereocenters. The largest absolute Gasteiger partial charge is 0.480 e. The third-order valence-corrected chi connectivity index (χ3v) is 1.84. The van der Waals surface area contributed by atoms with E-state index in [0.717, 1.165) is 12.8 Å². The van der Waals surface area contributed by atoms with Crippen LogP contribution in [-0.2, 0) is 19.1 Å². The van der Waals surface area contributed by atoms with Gasteiger partial charge in [0.05, 0.1) is 13.2 Å². The lowest BCUT2D eigenvalue weighted by molar-refractivity contribution is -0.146. The molecule has 0 radical (unpaired) electrons. The number of carbonyl (C=O) groups is 2. The van der Waals surface area contributed by atoms with E-state index in [9.17, 15) is 9.59 Å². The number of nitrogens with two attached hydrogens (primary N) is 1. The number of carboxylic acid groups (broad SMARTS) is 1. The number of carboxylic acids is 1. The smallest absolute Gasteiger partial charge is 0.322 e. The predicted octanol–water partition coefficient (Wildman–Crippen LogP) is 0.148. The Morgan fingerprint density at radius 2 is 2.06 bits per heavy atom. The lowest BCUT2D eigenvalue weighted by atomic mass is 10.2. The van der Waals surface area contributed by atoms with Crippen LogP contribution < -0.4 is 5.73 Å². The third kappa shape index (κ3) is 8.19. The fraction of sp³-hybridized carbons (Fsp3) is 0.800. The first-order valence-corrected chi connectivity index (χ1v) is 5.29. The monoisotopic (exact) mass is 233 g/mol. The van der Waals surface area contributed by atoms with Crippen molar-refractivity contribution in [3.8, 4) is 0 Å². The number of unbranched alkanes of at least 4 members (excludes halogenated alkanes) is 1. The van der Waals surface area contributed by atoms with Gasteiger partial charge in [-0.1, -0.05) is 13.3 Å². The van der Waals surface area contributed by atoms with Crippen LogP contribution in [0.15, 0.2) is 0 Å². The molecule has 0 saturated heterocycles. The predicted molar refractivity (Wildman–Crippen MR) is 56.9 cm³/mol. The lowest BCUT2D eigenvalue weighted by Crippen LogP contribution is -2.35. The summed E-state index contributed by atoms with van der Waals surface area (Å²) in [4.78, 5) is 21.3. The van der Waals surface area contributed by atoms with Gasteiger partial charge < -0.3 is 20.3 Å². The van der Waals surface area contributed by atoms with E-state index in [1.807, 2.05) is 6.92 Å². The molecule has 1 atom stereocenters. The molecule has 0 aliphatic heterocycles. The van der Waals surface area contributed by atoms with E-state index in [4.69, 9.17) is 20.3 Å². The second-order valence-corrected chi connectivity index (χ2v) is 3.34. The molecule has 0 spiro atoms. The molecule has 6 nitrogen and oxygen atoms in total. The topological polar surface area (TPSA) is 98.9 Å². The van der Waals surface area contributed by atoms with E-state index >= 15 is 0 Å². The summed E-state index contributed by atoms with van der Waals surface area (Å²) in [6, 6.07) is -1.03. The van der Waals surface area contributed by atoms with Crippen LogP contribution in [0.1, 0.15) is 26.2 Å². The zero-order valence-corrected chi connectivity index (χ0v) is 9.48. The highest BCUT2D eigenvalue weighted by Crippen LogP contribution is 1.96. The van der Waals surface area contributed by atoms with E-state index in [-0.39, 0.29) is 25.8 Å². The maximum absolute atomic E-state index is 11.0. The van der Waals surface area contributed by atoms with Crippen molar-refractivity contribution in [2.75, 3.05) is 19.8 Å². The van der Waals surface area contributed by atoms with Gasteiger partial charge in [0.2, 0.25) is 0 Å². The Bertz CT molecular complexity index is 219. The molecule has 0 aromatic heterocycles. The lowest BCUT2D eigenvalue weighted by Gasteiger charge is -2.08. The molecule has 0 aromatic rings. The van der Waals surface area contributed by atoms with E-state index in [2.05, 4.69) is 0 Å². The van der Waals surface area contributed by atoms with Crippen LogP contribution in [0.4, 0.5) is 0 Å². The quantitative estimate of drug-likeness (QED) is 0.434. The van der Waals surface area contributed by atoms with Crippen LogP contribution in [0.3, 0.4) is 0 Å². The van der Waals surface area contributed by atoms with Gasteiger partial charge in [-0.15, -0.1) is 0 Å². The first-order valence-electron chi connectivity index (χ1n) is 5.29. The molecule has 94 valence electrons. The van der Waals surface area contributed by atoms with Gasteiger partial charge in [-0.05, 0) is 6.42 Å². The number of hydrogen-bond acceptors (Lipinski definition) is 5. The molecular formula is C10H19NO5. The molecule has 6 heteroatoms. The highest BCUT2D eigenvalue weighted by atomic mass is 16.6. The van der Waals surface area contributed by atoms with Crippen molar-refractivity contribution in [1.82, 2.24) is 0 Å². The molecule has 0 bridgehead atoms. The summed E-state index contributed by atoms with van der Waals surface area (Å²) in [7, 11) is 0. The van der Waals surface area contributed by atoms with Gasteiger partial charge >= 0.3 is 11.9 Å². The molecule has 16 heavy (non-hydrogen) atoms. The molecule has 0 saturated carbocycles. The fourth-order valence-electron chi connectivity index (χ4n) is 0.889. The standard InChI is InChI=1S/C10H19NO5/c1-2-3-4-9(12)16-6-5-15-7-8(11)10(13)14/h8H,2-7,11H2,1H3,(H,13,14)/t8-/m0/s1. The fourth-order valence-corrected chi connectivity index (χ4v) is 0.889. The normalized spacial score (nSPS) is 12.1. The summed E-state index contributed by atoms with van der Waals surface area (Å²) in [6.07, 6.45) is 2.16. The second-order valence-electron chi connectivity index (χ2n) is 3.34. The minimum absolute atomic E-state index is 0.0815. The van der Waals surface area contributed by atoms with Crippen LogP contribution in [0, 0.1) is 0 Å². The highest BCUT2D eigenvalue weighted by molar-refractivity contribution is 5.73. The SMILES string of the molecule is CCCCC(=O)OCCOC[C@H](N)C(=O)O. The van der Waals surface area contributed by atoms with Gasteiger partial charge in [-0.3, -0.25) is 9.59 Å². The minimum Gasteiger partial charge on any atom is -0.480 e. The molecule has 3 N–H and O–H groups in total. The average molecular weight is 233 g/mol. The van der Waals surface area contributed by atoms with Gasteiger partial charge in [0.1, 0.15) is 12.6 Å². The second kappa shape index (κ2) is 9.11. The van der Waals surface area contributed by atoms with Crippen molar-refractivity contribution >= 4 is 11.9 Å². The number of hydrogen-bond donors (Lipinski definition) is 2. The number of aliphatic carboxylic acids is 1. The Balaban J connectivity index is 3.33. The van der Waals surface area contributed by atoms with Crippen molar-refractivity contribution in [3.05, 3.63) is 0 Å². The third-order valence-electron chi connectivity index (χ3n) is 1.84. The number of rotatable bonds is 9. The first-order chi connectivity index (χ1) is 7.57. The zero-order chi connectivity index (χ0) is 12.4. The van der Waals surface area contributed by atoms with Crippen molar-refractivity contribution in [2.45, 2.75) is 32.2 Å². The Hall–Kier alpha value is -1.14. The van der Waals surface area contributed by atoms with Crippen molar-refractivity contribution in [3.63, 3.8) is 0 Å². The van der Waals surface area contributed by atoms with Gasteiger partial charge in [0.25, 0.3) is 0 Å². The number of carbonyl (C=O) groups excluding carboxylic acids is 1. The summed E-state index contributed by atoms with van der Waals surface area (Å²) in [6.45, 7) is 2.21. The zero-order valence-electron chi connectivity index (χ0n) is 9.48. The van der Waals surface area contributed by atoms with Gasteiger partial charge in [-0.25, -0.2) is 0 Å².